The monoisotopic (exact) mass is 313 g/mol. The number of hydrogen-bond donors (Lipinski definition) is 2. The van der Waals surface area contributed by atoms with Crippen LogP contribution in [0.15, 0.2) is 23.4 Å². The maximum Gasteiger partial charge on any atom is 0.260 e. The Balaban J connectivity index is 2.14. The van der Waals surface area contributed by atoms with E-state index in [1.54, 1.807) is 12.1 Å². The summed E-state index contributed by atoms with van der Waals surface area (Å²) in [5.41, 5.74) is 0.534. The molecule has 2 rings (SSSR count). The zero-order chi connectivity index (χ0) is 15.3. The topological polar surface area (TPSA) is 80.3 Å². The van der Waals surface area contributed by atoms with Crippen molar-refractivity contribution in [3.05, 3.63) is 18.3 Å². The van der Waals surface area contributed by atoms with E-state index in [2.05, 4.69) is 15.0 Å². The summed E-state index contributed by atoms with van der Waals surface area (Å²) < 4.78 is 33.1. The first-order chi connectivity index (χ1) is 10.0. The number of aromatic nitrogens is 1. The van der Waals surface area contributed by atoms with E-state index < -0.39 is 10.0 Å². The number of ether oxygens (including phenoxy) is 1. The summed E-state index contributed by atoms with van der Waals surface area (Å²) in [5, 5.41) is 3.09. The lowest BCUT2D eigenvalue weighted by Gasteiger charge is -2.28. The molecule has 1 aromatic heterocycles. The minimum absolute atomic E-state index is 0.0609. The van der Waals surface area contributed by atoms with Crippen molar-refractivity contribution in [2.24, 2.45) is 5.92 Å². The van der Waals surface area contributed by atoms with Crippen LogP contribution in [0.2, 0.25) is 0 Å². The standard InChI is InChI=1S/C14H23N3O3S/c1-3-15-13-5-4-8-16-14(13)21(18,19)17-11(2)12-6-9-20-10-7-12/h4-5,8,11-12,15,17H,3,6-7,9-10H2,1-2H3. The second-order valence-corrected chi connectivity index (χ2v) is 6.88. The number of nitrogens with one attached hydrogen (secondary N) is 2. The lowest BCUT2D eigenvalue weighted by molar-refractivity contribution is 0.0585. The predicted molar refractivity (Wildman–Crippen MR) is 81.7 cm³/mol. The molecule has 0 saturated carbocycles. The molecule has 1 aromatic rings. The third-order valence-corrected chi connectivity index (χ3v) is 5.22. The van der Waals surface area contributed by atoms with Gasteiger partial charge in [0.2, 0.25) is 0 Å². The molecule has 0 bridgehead atoms. The molecular weight excluding hydrogens is 290 g/mol. The van der Waals surface area contributed by atoms with Crippen molar-refractivity contribution in [2.75, 3.05) is 25.1 Å². The highest BCUT2D eigenvalue weighted by Crippen LogP contribution is 2.22. The van der Waals surface area contributed by atoms with Gasteiger partial charge in [0, 0.05) is 32.0 Å². The number of anilines is 1. The van der Waals surface area contributed by atoms with Gasteiger partial charge in [0.25, 0.3) is 10.0 Å². The molecule has 1 atom stereocenters. The molecule has 1 unspecified atom stereocenters. The third-order valence-electron chi connectivity index (χ3n) is 3.71. The second-order valence-electron chi connectivity index (χ2n) is 5.25. The van der Waals surface area contributed by atoms with Crippen LogP contribution >= 0.6 is 0 Å². The van der Waals surface area contributed by atoms with E-state index in [-0.39, 0.29) is 11.1 Å². The smallest absolute Gasteiger partial charge is 0.260 e. The second kappa shape index (κ2) is 7.20. The van der Waals surface area contributed by atoms with Crippen molar-refractivity contribution >= 4 is 15.7 Å². The first kappa shape index (κ1) is 16.2. The summed E-state index contributed by atoms with van der Waals surface area (Å²) in [7, 11) is -3.63. The highest BCUT2D eigenvalue weighted by molar-refractivity contribution is 7.89. The molecular formula is C14H23N3O3S. The van der Waals surface area contributed by atoms with E-state index in [4.69, 9.17) is 4.74 Å². The van der Waals surface area contributed by atoms with Crippen LogP contribution in [0.5, 0.6) is 0 Å². The van der Waals surface area contributed by atoms with Crippen LogP contribution in [0.25, 0.3) is 0 Å². The molecule has 1 aliphatic rings. The summed E-state index contributed by atoms with van der Waals surface area (Å²) in [4.78, 5) is 4.03. The van der Waals surface area contributed by atoms with Crippen molar-refractivity contribution in [2.45, 2.75) is 37.8 Å². The summed E-state index contributed by atoms with van der Waals surface area (Å²) in [6.07, 6.45) is 3.26. The van der Waals surface area contributed by atoms with E-state index in [0.29, 0.717) is 31.4 Å². The Morgan fingerprint density at radius 1 is 1.43 bits per heavy atom. The van der Waals surface area contributed by atoms with Crippen molar-refractivity contribution in [1.82, 2.24) is 9.71 Å². The SMILES string of the molecule is CCNc1cccnc1S(=O)(=O)NC(C)C1CCOCC1. The van der Waals surface area contributed by atoms with Crippen molar-refractivity contribution in [3.63, 3.8) is 0 Å². The zero-order valence-electron chi connectivity index (χ0n) is 12.5. The molecule has 6 nitrogen and oxygen atoms in total. The highest BCUT2D eigenvalue weighted by Gasteiger charge is 2.27. The van der Waals surface area contributed by atoms with Gasteiger partial charge in [-0.05, 0) is 44.7 Å². The number of nitrogens with zero attached hydrogens (tertiary/aromatic N) is 1. The summed E-state index contributed by atoms with van der Waals surface area (Å²) in [6.45, 7) is 5.86. The molecule has 1 saturated heterocycles. The van der Waals surface area contributed by atoms with Gasteiger partial charge in [-0.25, -0.2) is 18.1 Å². The van der Waals surface area contributed by atoms with Crippen LogP contribution in [0.1, 0.15) is 26.7 Å². The Morgan fingerprint density at radius 3 is 2.81 bits per heavy atom. The van der Waals surface area contributed by atoms with Crippen LogP contribution in [-0.2, 0) is 14.8 Å². The van der Waals surface area contributed by atoms with E-state index in [1.807, 2.05) is 13.8 Å². The van der Waals surface area contributed by atoms with Crippen molar-refractivity contribution < 1.29 is 13.2 Å². The molecule has 0 spiro atoms. The summed E-state index contributed by atoms with van der Waals surface area (Å²) in [5.74, 6) is 0.305. The lowest BCUT2D eigenvalue weighted by atomic mass is 9.94. The van der Waals surface area contributed by atoms with E-state index in [1.165, 1.54) is 6.20 Å². The van der Waals surface area contributed by atoms with Gasteiger partial charge in [-0.15, -0.1) is 0 Å². The maximum atomic E-state index is 12.5. The molecule has 2 N–H and O–H groups in total. The van der Waals surface area contributed by atoms with Gasteiger partial charge in [-0.1, -0.05) is 0 Å². The summed E-state index contributed by atoms with van der Waals surface area (Å²) >= 11 is 0. The van der Waals surface area contributed by atoms with E-state index >= 15 is 0 Å². The predicted octanol–water partition coefficient (Wildman–Crippen LogP) is 1.61. The molecule has 7 heteroatoms. The fourth-order valence-electron chi connectivity index (χ4n) is 2.54. The highest BCUT2D eigenvalue weighted by atomic mass is 32.2. The van der Waals surface area contributed by atoms with Gasteiger partial charge in [-0.2, -0.15) is 0 Å². The first-order valence-electron chi connectivity index (χ1n) is 7.33. The molecule has 21 heavy (non-hydrogen) atoms. The van der Waals surface area contributed by atoms with Gasteiger partial charge in [0.05, 0.1) is 5.69 Å². The molecule has 118 valence electrons. The first-order valence-corrected chi connectivity index (χ1v) is 8.82. The van der Waals surface area contributed by atoms with Gasteiger partial charge in [0.15, 0.2) is 5.03 Å². The Morgan fingerprint density at radius 2 is 2.14 bits per heavy atom. The fourth-order valence-corrected chi connectivity index (χ4v) is 3.97. The molecule has 2 heterocycles. The third kappa shape index (κ3) is 4.15. The summed E-state index contributed by atoms with van der Waals surface area (Å²) in [6, 6.07) is 3.32. The maximum absolute atomic E-state index is 12.5. The Kier molecular flexibility index (Phi) is 5.55. The molecule has 0 aliphatic carbocycles. The van der Waals surface area contributed by atoms with Gasteiger partial charge in [-0.3, -0.25) is 0 Å². The number of sulfonamides is 1. The lowest BCUT2D eigenvalue weighted by Crippen LogP contribution is -2.40. The normalized spacial score (nSPS) is 18.4. The number of rotatable bonds is 6. The molecule has 0 radical (unpaired) electrons. The van der Waals surface area contributed by atoms with E-state index in [9.17, 15) is 8.42 Å². The van der Waals surface area contributed by atoms with Crippen LogP contribution in [0.4, 0.5) is 5.69 Å². The number of hydrogen-bond acceptors (Lipinski definition) is 5. The van der Waals surface area contributed by atoms with Gasteiger partial charge in [0.1, 0.15) is 0 Å². The number of pyridine rings is 1. The fraction of sp³-hybridized carbons (Fsp3) is 0.643. The minimum atomic E-state index is -3.63. The average Bonchev–Trinajstić information content (AvgIpc) is 2.48. The van der Waals surface area contributed by atoms with Gasteiger partial charge < -0.3 is 10.1 Å². The zero-order valence-corrected chi connectivity index (χ0v) is 13.3. The Bertz CT molecular complexity index is 556. The molecule has 1 fully saturated rings. The van der Waals surface area contributed by atoms with Crippen LogP contribution in [0, 0.1) is 5.92 Å². The van der Waals surface area contributed by atoms with Crippen LogP contribution in [-0.4, -0.2) is 39.2 Å². The molecule has 1 aliphatic heterocycles. The molecule has 0 aromatic carbocycles. The average molecular weight is 313 g/mol. The van der Waals surface area contributed by atoms with Crippen LogP contribution < -0.4 is 10.0 Å². The largest absolute Gasteiger partial charge is 0.383 e. The Labute approximate surface area is 126 Å². The van der Waals surface area contributed by atoms with E-state index in [0.717, 1.165) is 12.8 Å². The molecule has 0 amide bonds. The van der Waals surface area contributed by atoms with Crippen molar-refractivity contribution in [3.8, 4) is 0 Å². The van der Waals surface area contributed by atoms with Crippen molar-refractivity contribution in [1.29, 1.82) is 0 Å². The Hall–Kier alpha value is -1.18. The quantitative estimate of drug-likeness (QED) is 0.834. The van der Waals surface area contributed by atoms with Crippen LogP contribution in [0.3, 0.4) is 0 Å². The van der Waals surface area contributed by atoms with Gasteiger partial charge >= 0.3 is 0 Å². The minimum Gasteiger partial charge on any atom is -0.383 e.